The zero-order valence-corrected chi connectivity index (χ0v) is 16.4. The Balaban J connectivity index is -0.0000000951. The number of carboxylic acid groups (broad SMARTS) is 5. The monoisotopic (exact) mass is 350 g/mol. The summed E-state index contributed by atoms with van der Waals surface area (Å²) >= 11 is 0. The Morgan fingerprint density at radius 2 is 1.10 bits per heavy atom. The van der Waals surface area contributed by atoms with Crippen molar-refractivity contribution in [2.45, 2.75) is 18.4 Å². The first-order valence-corrected chi connectivity index (χ1v) is 3.80. The Morgan fingerprint density at radius 1 is 0.900 bits per heavy atom. The first-order chi connectivity index (χ1) is 7.51. The molecule has 5 N–H and O–H groups in total. The molecule has 0 rings (SSSR count). The van der Waals surface area contributed by atoms with Gasteiger partial charge in [0, 0.05) is 0 Å². The molecule has 0 aliphatic rings. The van der Waals surface area contributed by atoms with Gasteiger partial charge in [-0.25, -0.2) is 4.79 Å². The summed E-state index contributed by atoms with van der Waals surface area (Å²) in [5.74, 6) is -5.02. The quantitative estimate of drug-likeness (QED) is 0.297. The first kappa shape index (κ1) is 32.5. The molecular weight excluding hydrogens is 342 g/mol. The van der Waals surface area contributed by atoms with Gasteiger partial charge in [0.1, 0.15) is 0 Å². The molecule has 0 spiro atoms. The minimum absolute atomic E-state index is 0. The molecule has 10 nitrogen and oxygen atoms in total. The maximum absolute atomic E-state index is 10.3. The van der Waals surface area contributed by atoms with E-state index in [9.17, 15) is 14.4 Å². The van der Waals surface area contributed by atoms with E-state index in [1.807, 2.05) is 0 Å². The second kappa shape index (κ2) is 15.9. The maximum atomic E-state index is 10.3. The van der Waals surface area contributed by atoms with E-state index in [0.717, 1.165) is 0 Å². The van der Waals surface area contributed by atoms with Gasteiger partial charge in [-0.2, -0.15) is 0 Å². The molecule has 0 aliphatic carbocycles. The maximum Gasteiger partial charge on any atom is 1.00 e. The predicted molar refractivity (Wildman–Crippen MR) is 45.1 cm³/mol. The second-order valence-electron chi connectivity index (χ2n) is 2.74. The molecule has 0 fully saturated rings. The van der Waals surface area contributed by atoms with Gasteiger partial charge in [0.25, 0.3) is 0 Å². The fourth-order valence-corrected chi connectivity index (χ4v) is 0.714. The van der Waals surface area contributed by atoms with Gasteiger partial charge in [0.05, 0.1) is 12.8 Å². The van der Waals surface area contributed by atoms with E-state index in [0.29, 0.717) is 0 Å². The Morgan fingerprint density at radius 3 is 1.20 bits per heavy atom. The van der Waals surface area contributed by atoms with Gasteiger partial charge in [-0.05, 0) is 0 Å². The summed E-state index contributed by atoms with van der Waals surface area (Å²) < 4.78 is 0. The normalized spacial score (nSPS) is 8.25. The van der Waals surface area contributed by atoms with Crippen molar-refractivity contribution in [1.82, 2.24) is 0 Å². The van der Waals surface area contributed by atoms with Crippen molar-refractivity contribution in [3.05, 3.63) is 0 Å². The van der Waals surface area contributed by atoms with Gasteiger partial charge < -0.3 is 47.8 Å². The Kier molecular flexibility index (Phi) is 25.9. The summed E-state index contributed by atoms with van der Waals surface area (Å²) in [5.41, 5.74) is -2.74. The topological polar surface area (TPSA) is 192 Å². The van der Waals surface area contributed by atoms with Crippen LogP contribution in [-0.4, -0.2) is 55.2 Å². The van der Waals surface area contributed by atoms with Crippen LogP contribution in [0.2, 0.25) is 0 Å². The molecule has 0 bridgehead atoms. The van der Waals surface area contributed by atoms with E-state index in [4.69, 9.17) is 35.4 Å². The van der Waals surface area contributed by atoms with Crippen molar-refractivity contribution in [3.63, 3.8) is 0 Å². The number of rotatable bonds is 5. The molecule has 0 aromatic carbocycles. The van der Waals surface area contributed by atoms with Gasteiger partial charge >= 0.3 is 98.8 Å². The molecule has 0 amide bonds. The predicted octanol–water partition coefficient (Wildman–Crippen LogP) is -11.3. The van der Waals surface area contributed by atoms with E-state index in [-0.39, 0.29) is 93.3 Å². The van der Waals surface area contributed by atoms with Gasteiger partial charge in [0.2, 0.25) is 6.16 Å². The Hall–Kier alpha value is 0.566. The molecule has 0 atom stereocenters. The van der Waals surface area contributed by atoms with Crippen molar-refractivity contribution in [2.75, 3.05) is 0 Å². The molecule has 0 radical (unpaired) electrons. The molecule has 0 aliphatic heterocycles. The zero-order chi connectivity index (χ0) is 14.2. The van der Waals surface area contributed by atoms with Gasteiger partial charge in [-0.3, -0.25) is 9.59 Å². The molecule has 13 heteroatoms. The summed E-state index contributed by atoms with van der Waals surface area (Å²) in [6, 6.07) is 0. The average molecular weight is 351 g/mol. The van der Waals surface area contributed by atoms with Crippen LogP contribution in [0.3, 0.4) is 0 Å². The summed E-state index contributed by atoms with van der Waals surface area (Å²) in [4.78, 5) is 38.9. The Bertz CT molecular complexity index is 316. The molecule has 20 heavy (non-hydrogen) atoms. The number of hydrogen-bond acceptors (Lipinski definition) is 6. The second-order valence-corrected chi connectivity index (χ2v) is 2.74. The summed E-state index contributed by atoms with van der Waals surface area (Å²) in [5, 5.41) is 49.1. The van der Waals surface area contributed by atoms with Crippen molar-refractivity contribution in [2.24, 2.45) is 0 Å². The smallest absolute Gasteiger partial charge is 1.00 e. The molecule has 0 saturated carbocycles. The minimum Gasteiger partial charge on any atom is -1.00 e. The molecule has 0 aromatic heterocycles. The standard InChI is InChI=1S/C6H8O7.CH2O3.ClH.K.Na/c7-3(8)1-6(13,5(11)12)2-4(9)10;2-1(3)4;;;/h13H,1-2H2,(H,7,8)(H,9,10)(H,11,12);(H2,2,3,4);1H;;/q;;;2*+1/p-2. The van der Waals surface area contributed by atoms with Crippen molar-refractivity contribution < 1.29 is 143 Å². The molecule has 0 saturated heterocycles. The van der Waals surface area contributed by atoms with Crippen molar-refractivity contribution in [1.29, 1.82) is 0 Å². The van der Waals surface area contributed by atoms with E-state index >= 15 is 0 Å². The minimum atomic E-state index is -2.74. The average Bonchev–Trinajstić information content (AvgIpc) is 1.98. The van der Waals surface area contributed by atoms with Crippen LogP contribution in [0.25, 0.3) is 0 Å². The van der Waals surface area contributed by atoms with E-state index in [1.54, 1.807) is 0 Å². The molecule has 0 unspecified atom stereocenters. The number of carboxylic acids is 3. The van der Waals surface area contributed by atoms with Crippen LogP contribution in [-0.2, 0) is 14.4 Å². The molecule has 0 aromatic rings. The van der Waals surface area contributed by atoms with Crippen molar-refractivity contribution >= 4 is 24.1 Å². The molecular formula is C7H9ClKNaO10. The molecule has 106 valence electrons. The third-order valence-corrected chi connectivity index (χ3v) is 1.29. The van der Waals surface area contributed by atoms with Crippen LogP contribution < -0.4 is 98.5 Å². The summed E-state index contributed by atoms with van der Waals surface area (Å²) in [6.07, 6.45) is -4.37. The summed E-state index contributed by atoms with van der Waals surface area (Å²) in [6.45, 7) is 0. The van der Waals surface area contributed by atoms with E-state index in [2.05, 4.69) is 0 Å². The number of carbonyl (C=O) groups is 4. The van der Waals surface area contributed by atoms with Gasteiger partial charge in [-0.15, -0.1) is 0 Å². The van der Waals surface area contributed by atoms with E-state index < -0.39 is 42.5 Å². The van der Waals surface area contributed by atoms with Crippen LogP contribution in [0.5, 0.6) is 0 Å². The number of halogens is 1. The number of hydrogen-bond donors (Lipinski definition) is 5. The van der Waals surface area contributed by atoms with Gasteiger partial charge in [-0.1, -0.05) is 0 Å². The largest absolute Gasteiger partial charge is 1.00 e. The zero-order valence-electron chi connectivity index (χ0n) is 10.6. The van der Waals surface area contributed by atoms with Crippen LogP contribution in [0.4, 0.5) is 4.79 Å². The summed E-state index contributed by atoms with van der Waals surface area (Å²) in [7, 11) is 0. The third-order valence-electron chi connectivity index (χ3n) is 1.29. The van der Waals surface area contributed by atoms with E-state index in [1.165, 1.54) is 0 Å². The van der Waals surface area contributed by atoms with Crippen LogP contribution in [0.15, 0.2) is 0 Å². The third kappa shape index (κ3) is 20.9. The first-order valence-electron chi connectivity index (χ1n) is 3.80. The number of aliphatic hydroxyl groups is 1. The van der Waals surface area contributed by atoms with Crippen LogP contribution >= 0.6 is 0 Å². The SMILES string of the molecule is O=C(O)CC(O)(CC(=O)O)C(=O)O.O=C([O-])O.[Cl-].[K+].[Na+]. The van der Waals surface area contributed by atoms with Crippen molar-refractivity contribution in [3.8, 4) is 0 Å². The number of aliphatic carboxylic acids is 3. The fourth-order valence-electron chi connectivity index (χ4n) is 0.714. The van der Waals surface area contributed by atoms with Crippen LogP contribution in [0.1, 0.15) is 12.8 Å². The van der Waals surface area contributed by atoms with Crippen LogP contribution in [0, 0.1) is 0 Å². The molecule has 0 heterocycles. The Labute approximate surface area is 183 Å². The van der Waals surface area contributed by atoms with Gasteiger partial charge in [0.15, 0.2) is 5.60 Å². The fraction of sp³-hybridized carbons (Fsp3) is 0.429.